The van der Waals surface area contributed by atoms with Gasteiger partial charge in [-0.1, -0.05) is 13.3 Å². The number of thiazole rings is 1. The number of hydrogen-bond donors (Lipinski definition) is 1. The summed E-state index contributed by atoms with van der Waals surface area (Å²) in [7, 11) is 0. The summed E-state index contributed by atoms with van der Waals surface area (Å²) in [6.07, 6.45) is 2.18. The molecule has 86 valence electrons. The zero-order chi connectivity index (χ0) is 11.3. The van der Waals surface area contributed by atoms with E-state index in [9.17, 15) is 0 Å². The highest BCUT2D eigenvalue weighted by molar-refractivity contribution is 7.15. The molecule has 0 spiro atoms. The summed E-state index contributed by atoms with van der Waals surface area (Å²) in [4.78, 5) is 8.21. The second-order valence-electron chi connectivity index (χ2n) is 3.49. The summed E-state index contributed by atoms with van der Waals surface area (Å²) in [6.45, 7) is 9.14. The van der Waals surface area contributed by atoms with Gasteiger partial charge in [0.25, 0.3) is 0 Å². The van der Waals surface area contributed by atoms with Gasteiger partial charge in [-0.3, -0.25) is 0 Å². The van der Waals surface area contributed by atoms with Crippen LogP contribution < -0.4 is 10.6 Å². The van der Waals surface area contributed by atoms with Crippen molar-refractivity contribution in [3.8, 4) is 0 Å². The van der Waals surface area contributed by atoms with E-state index in [1.54, 1.807) is 11.3 Å². The monoisotopic (exact) mass is 227 g/mol. The molecule has 0 saturated heterocycles. The van der Waals surface area contributed by atoms with Gasteiger partial charge in [0.05, 0.1) is 5.69 Å². The molecule has 0 aliphatic heterocycles. The van der Waals surface area contributed by atoms with Gasteiger partial charge in [0.15, 0.2) is 5.13 Å². The highest BCUT2D eigenvalue weighted by Crippen LogP contribution is 2.26. The van der Waals surface area contributed by atoms with E-state index in [1.807, 2.05) is 0 Å². The Bertz CT molecular complexity index is 292. The van der Waals surface area contributed by atoms with Crippen LogP contribution in [0.4, 0.5) is 5.13 Å². The lowest BCUT2D eigenvalue weighted by Crippen LogP contribution is -2.21. The average molecular weight is 227 g/mol. The van der Waals surface area contributed by atoms with E-state index in [-0.39, 0.29) is 0 Å². The normalized spacial score (nSPS) is 10.7. The molecule has 1 aromatic rings. The maximum Gasteiger partial charge on any atom is 0.185 e. The van der Waals surface area contributed by atoms with Gasteiger partial charge in [-0.15, -0.1) is 11.3 Å². The van der Waals surface area contributed by atoms with Crippen molar-refractivity contribution in [3.05, 3.63) is 10.6 Å². The maximum absolute atomic E-state index is 5.73. The summed E-state index contributed by atoms with van der Waals surface area (Å²) < 4.78 is 0. The molecule has 0 saturated carbocycles. The Balaban J connectivity index is 2.90. The Morgan fingerprint density at radius 1 is 1.27 bits per heavy atom. The molecule has 0 atom stereocenters. The second-order valence-corrected chi connectivity index (χ2v) is 4.55. The number of anilines is 1. The van der Waals surface area contributed by atoms with Gasteiger partial charge in [-0.05, 0) is 20.3 Å². The first-order valence-corrected chi connectivity index (χ1v) is 6.51. The number of nitrogens with zero attached hydrogens (tertiary/aromatic N) is 2. The first kappa shape index (κ1) is 12.5. The Labute approximate surface area is 96.3 Å². The lowest BCUT2D eigenvalue weighted by Gasteiger charge is -2.16. The lowest BCUT2D eigenvalue weighted by atomic mass is 10.2. The number of aryl methyl sites for hydroxylation is 1. The predicted molar refractivity (Wildman–Crippen MR) is 67.6 cm³/mol. The van der Waals surface area contributed by atoms with Crippen molar-refractivity contribution in [1.29, 1.82) is 0 Å². The van der Waals surface area contributed by atoms with Gasteiger partial charge < -0.3 is 10.6 Å². The van der Waals surface area contributed by atoms with E-state index in [1.165, 1.54) is 10.6 Å². The third-order valence-electron chi connectivity index (χ3n) is 2.47. The van der Waals surface area contributed by atoms with Crippen molar-refractivity contribution < 1.29 is 0 Å². The SMILES string of the molecule is CCCc1nc(N(CC)CC)sc1CN. The van der Waals surface area contributed by atoms with Crippen LogP contribution in [-0.2, 0) is 13.0 Å². The molecule has 0 aliphatic rings. The van der Waals surface area contributed by atoms with Crippen LogP contribution in [0, 0.1) is 0 Å². The Hall–Kier alpha value is -0.610. The highest BCUT2D eigenvalue weighted by atomic mass is 32.1. The lowest BCUT2D eigenvalue weighted by molar-refractivity contribution is 0.834. The third kappa shape index (κ3) is 2.92. The van der Waals surface area contributed by atoms with E-state index >= 15 is 0 Å². The van der Waals surface area contributed by atoms with E-state index in [0.29, 0.717) is 6.54 Å². The van der Waals surface area contributed by atoms with Crippen LogP contribution >= 0.6 is 11.3 Å². The van der Waals surface area contributed by atoms with Gasteiger partial charge in [0.2, 0.25) is 0 Å². The molecule has 1 aromatic heterocycles. The standard InChI is InChI=1S/C11H21N3S/c1-4-7-9-10(8-12)15-11(13-9)14(5-2)6-3/h4-8,12H2,1-3H3. The third-order valence-corrected chi connectivity index (χ3v) is 3.65. The van der Waals surface area contributed by atoms with Crippen molar-refractivity contribution >= 4 is 16.5 Å². The van der Waals surface area contributed by atoms with Crippen LogP contribution in [0.5, 0.6) is 0 Å². The van der Waals surface area contributed by atoms with Crippen LogP contribution in [0.1, 0.15) is 37.8 Å². The minimum absolute atomic E-state index is 0.619. The summed E-state index contributed by atoms with van der Waals surface area (Å²) in [6, 6.07) is 0. The van der Waals surface area contributed by atoms with Crippen LogP contribution in [0.15, 0.2) is 0 Å². The molecule has 4 heteroatoms. The molecule has 0 fully saturated rings. The molecule has 0 bridgehead atoms. The van der Waals surface area contributed by atoms with Crippen molar-refractivity contribution in [3.63, 3.8) is 0 Å². The van der Waals surface area contributed by atoms with Gasteiger partial charge in [-0.25, -0.2) is 4.98 Å². The number of hydrogen-bond acceptors (Lipinski definition) is 4. The second kappa shape index (κ2) is 6.08. The molecule has 0 amide bonds. The molecule has 1 heterocycles. The fourth-order valence-corrected chi connectivity index (χ4v) is 2.70. The highest BCUT2D eigenvalue weighted by Gasteiger charge is 2.12. The molecule has 0 aromatic carbocycles. The van der Waals surface area contributed by atoms with Crippen LogP contribution in [0.2, 0.25) is 0 Å². The zero-order valence-corrected chi connectivity index (χ0v) is 10.7. The van der Waals surface area contributed by atoms with E-state index in [0.717, 1.165) is 31.1 Å². The van der Waals surface area contributed by atoms with E-state index in [4.69, 9.17) is 5.73 Å². The van der Waals surface area contributed by atoms with Crippen molar-refractivity contribution in [2.75, 3.05) is 18.0 Å². The molecular weight excluding hydrogens is 206 g/mol. The van der Waals surface area contributed by atoms with Gasteiger partial charge in [0.1, 0.15) is 0 Å². The molecular formula is C11H21N3S. The first-order chi connectivity index (χ1) is 7.26. The van der Waals surface area contributed by atoms with Crippen LogP contribution in [0.3, 0.4) is 0 Å². The Morgan fingerprint density at radius 3 is 2.40 bits per heavy atom. The molecule has 0 radical (unpaired) electrons. The minimum Gasteiger partial charge on any atom is -0.349 e. The zero-order valence-electron chi connectivity index (χ0n) is 9.92. The molecule has 0 aliphatic carbocycles. The molecule has 15 heavy (non-hydrogen) atoms. The number of nitrogens with two attached hydrogens (primary N) is 1. The van der Waals surface area contributed by atoms with Crippen LogP contribution in [-0.4, -0.2) is 18.1 Å². The summed E-state index contributed by atoms with van der Waals surface area (Å²) in [5.41, 5.74) is 6.93. The fourth-order valence-electron chi connectivity index (χ4n) is 1.59. The molecule has 2 N–H and O–H groups in total. The van der Waals surface area contributed by atoms with Crippen molar-refractivity contribution in [2.24, 2.45) is 5.73 Å². The van der Waals surface area contributed by atoms with Crippen molar-refractivity contribution in [1.82, 2.24) is 4.98 Å². The minimum atomic E-state index is 0.619. The van der Waals surface area contributed by atoms with E-state index < -0.39 is 0 Å². The Morgan fingerprint density at radius 2 is 1.93 bits per heavy atom. The molecule has 3 nitrogen and oxygen atoms in total. The van der Waals surface area contributed by atoms with Gasteiger partial charge in [0, 0.05) is 24.5 Å². The van der Waals surface area contributed by atoms with Gasteiger partial charge >= 0.3 is 0 Å². The smallest absolute Gasteiger partial charge is 0.185 e. The van der Waals surface area contributed by atoms with Crippen molar-refractivity contribution in [2.45, 2.75) is 40.2 Å². The molecule has 1 rings (SSSR count). The average Bonchev–Trinajstić information content (AvgIpc) is 2.64. The number of aromatic nitrogens is 1. The quantitative estimate of drug-likeness (QED) is 0.811. The van der Waals surface area contributed by atoms with E-state index in [2.05, 4.69) is 30.7 Å². The topological polar surface area (TPSA) is 42.2 Å². The summed E-state index contributed by atoms with van der Waals surface area (Å²) in [5.74, 6) is 0. The maximum atomic E-state index is 5.73. The summed E-state index contributed by atoms with van der Waals surface area (Å²) >= 11 is 1.75. The van der Waals surface area contributed by atoms with Gasteiger partial charge in [-0.2, -0.15) is 0 Å². The Kier molecular flexibility index (Phi) is 5.05. The first-order valence-electron chi connectivity index (χ1n) is 5.70. The summed E-state index contributed by atoms with van der Waals surface area (Å²) in [5, 5.41) is 1.13. The number of rotatable bonds is 6. The molecule has 0 unspecified atom stereocenters. The largest absolute Gasteiger partial charge is 0.349 e. The van der Waals surface area contributed by atoms with Crippen LogP contribution in [0.25, 0.3) is 0 Å². The fraction of sp³-hybridized carbons (Fsp3) is 0.727. The predicted octanol–water partition coefficient (Wildman–Crippen LogP) is 2.40.